The van der Waals surface area contributed by atoms with Crippen molar-refractivity contribution in [2.24, 2.45) is 5.92 Å². The van der Waals surface area contributed by atoms with E-state index in [1.165, 1.54) is 24.2 Å². The van der Waals surface area contributed by atoms with E-state index in [4.69, 9.17) is 4.52 Å². The minimum absolute atomic E-state index is 0.0248. The van der Waals surface area contributed by atoms with Gasteiger partial charge in [-0.3, -0.25) is 24.0 Å². The number of fused-ring (bicyclic) bond motifs is 3. The van der Waals surface area contributed by atoms with Crippen LogP contribution in [-0.4, -0.2) is 90.4 Å². The van der Waals surface area contributed by atoms with E-state index in [0.717, 1.165) is 22.5 Å². The number of rotatable bonds is 7. The van der Waals surface area contributed by atoms with Gasteiger partial charge in [0, 0.05) is 43.4 Å². The second-order valence-electron chi connectivity index (χ2n) is 13.2. The molecule has 0 unspecified atom stereocenters. The van der Waals surface area contributed by atoms with Crippen molar-refractivity contribution in [2.45, 2.75) is 85.0 Å². The van der Waals surface area contributed by atoms with E-state index >= 15 is 0 Å². The van der Waals surface area contributed by atoms with Gasteiger partial charge in [-0.15, -0.1) is 0 Å². The lowest BCUT2D eigenvalue weighted by molar-refractivity contribution is -0.133. The van der Waals surface area contributed by atoms with Crippen LogP contribution in [-0.2, 0) is 38.6 Å². The van der Waals surface area contributed by atoms with Gasteiger partial charge in [0.05, 0.1) is 6.54 Å². The third kappa shape index (κ3) is 9.32. The van der Waals surface area contributed by atoms with Crippen molar-refractivity contribution in [1.82, 2.24) is 50.9 Å². The van der Waals surface area contributed by atoms with Crippen molar-refractivity contribution < 1.29 is 28.5 Å². The topological polar surface area (TPSA) is 206 Å². The molecule has 2 bridgehead atoms. The summed E-state index contributed by atoms with van der Waals surface area (Å²) in [6.45, 7) is 9.18. The molecule has 0 saturated heterocycles. The lowest BCUT2D eigenvalue weighted by Gasteiger charge is -2.26. The fourth-order valence-corrected chi connectivity index (χ4v) is 5.99. The first-order valence-electron chi connectivity index (χ1n) is 17.0. The Bertz CT molecular complexity index is 1890. The van der Waals surface area contributed by atoms with Gasteiger partial charge in [-0.05, 0) is 50.7 Å². The molecule has 16 heteroatoms. The van der Waals surface area contributed by atoms with E-state index in [-0.39, 0.29) is 55.8 Å². The zero-order valence-corrected chi connectivity index (χ0v) is 29.4. The first-order valence-corrected chi connectivity index (χ1v) is 17.0. The minimum atomic E-state index is -1.03. The Labute approximate surface area is 295 Å². The normalized spacial score (nSPS) is 19.6. The molecule has 3 aromatic heterocycles. The Morgan fingerprint density at radius 1 is 1.00 bits per heavy atom. The van der Waals surface area contributed by atoms with Crippen LogP contribution in [0.2, 0.25) is 0 Å². The summed E-state index contributed by atoms with van der Waals surface area (Å²) in [5, 5.41) is 19.1. The first kappa shape index (κ1) is 36.6. The Morgan fingerprint density at radius 2 is 1.75 bits per heavy atom. The largest absolute Gasteiger partial charge is 0.359 e. The van der Waals surface area contributed by atoms with Gasteiger partial charge in [-0.2, -0.15) is 10.1 Å². The molecule has 4 aromatic rings. The molecule has 0 radical (unpaired) electrons. The number of nitrogens with one attached hydrogen (secondary N) is 4. The molecule has 0 saturated carbocycles. The summed E-state index contributed by atoms with van der Waals surface area (Å²) in [6.07, 6.45) is 2.39. The standard InChI is InChI=1S/C35H44N10O6/c1-20(2)15-27-33(49)42-28(16-24-9-7-6-8-10-24)32(48)36-13-14-44(18-25-17-29(43-51-25)34(50)39-22(4)31(47)41-27)30(46)12-11-26-21(3)40-35-37-19-38-45(35)23(26)5/h6-10,17,19-20,22,27-28H,11-16,18H2,1-5H3,(H,36,48)(H,39,50)(H,41,47)(H,42,49)/t22-,27-,28-/m1/s1. The van der Waals surface area contributed by atoms with Crippen molar-refractivity contribution >= 4 is 35.3 Å². The number of carbonyl (C=O) groups excluding carboxylic acids is 5. The summed E-state index contributed by atoms with van der Waals surface area (Å²) in [7, 11) is 0. The number of aromatic nitrogens is 5. The van der Waals surface area contributed by atoms with Crippen molar-refractivity contribution in [1.29, 1.82) is 0 Å². The molecule has 270 valence electrons. The van der Waals surface area contributed by atoms with Gasteiger partial charge in [-0.1, -0.05) is 49.3 Å². The predicted octanol–water partition coefficient (Wildman–Crippen LogP) is 1.20. The van der Waals surface area contributed by atoms with E-state index in [0.29, 0.717) is 18.6 Å². The molecular weight excluding hydrogens is 656 g/mol. The Morgan fingerprint density at radius 3 is 2.49 bits per heavy atom. The van der Waals surface area contributed by atoms with Gasteiger partial charge in [-0.25, -0.2) is 9.50 Å². The number of benzene rings is 1. The first-order chi connectivity index (χ1) is 24.4. The Balaban J connectivity index is 1.40. The molecule has 16 nitrogen and oxygen atoms in total. The number of aryl methyl sites for hydroxylation is 2. The molecule has 0 aliphatic carbocycles. The van der Waals surface area contributed by atoms with Crippen molar-refractivity contribution in [2.75, 3.05) is 13.1 Å². The molecule has 5 amide bonds. The van der Waals surface area contributed by atoms with Gasteiger partial charge in [0.25, 0.3) is 11.7 Å². The highest BCUT2D eigenvalue weighted by Crippen LogP contribution is 2.17. The number of hydrogen-bond donors (Lipinski definition) is 4. The fourth-order valence-electron chi connectivity index (χ4n) is 5.99. The van der Waals surface area contributed by atoms with E-state index in [2.05, 4.69) is 41.5 Å². The van der Waals surface area contributed by atoms with E-state index in [1.54, 1.807) is 4.52 Å². The zero-order valence-electron chi connectivity index (χ0n) is 29.4. The highest BCUT2D eigenvalue weighted by molar-refractivity contribution is 5.97. The van der Waals surface area contributed by atoms with Gasteiger partial charge in [0.2, 0.25) is 23.6 Å². The zero-order chi connectivity index (χ0) is 36.7. The van der Waals surface area contributed by atoms with Crippen LogP contribution in [0.5, 0.6) is 0 Å². The third-order valence-corrected chi connectivity index (χ3v) is 8.75. The third-order valence-electron chi connectivity index (χ3n) is 8.75. The number of amides is 5. The maximum absolute atomic E-state index is 13.8. The molecule has 1 aliphatic rings. The number of hydrogen-bond acceptors (Lipinski definition) is 10. The van der Waals surface area contributed by atoms with Crippen LogP contribution in [0.1, 0.15) is 72.4 Å². The molecule has 1 aliphatic heterocycles. The van der Waals surface area contributed by atoms with Crippen LogP contribution in [0.4, 0.5) is 0 Å². The van der Waals surface area contributed by atoms with Crippen LogP contribution < -0.4 is 21.3 Å². The number of carbonyl (C=O) groups is 5. The van der Waals surface area contributed by atoms with Crippen molar-refractivity contribution in [3.63, 3.8) is 0 Å². The minimum Gasteiger partial charge on any atom is -0.359 e. The summed E-state index contributed by atoms with van der Waals surface area (Å²) >= 11 is 0. The van der Waals surface area contributed by atoms with Crippen LogP contribution in [0.3, 0.4) is 0 Å². The molecule has 1 aromatic carbocycles. The van der Waals surface area contributed by atoms with Crippen molar-refractivity contribution in [3.8, 4) is 0 Å². The monoisotopic (exact) mass is 700 g/mol. The smallest absolute Gasteiger partial charge is 0.274 e. The summed E-state index contributed by atoms with van der Waals surface area (Å²) in [6, 6.07) is 7.68. The fraction of sp³-hybridized carbons (Fsp3) is 0.457. The van der Waals surface area contributed by atoms with Gasteiger partial charge in [0.1, 0.15) is 24.5 Å². The predicted molar refractivity (Wildman–Crippen MR) is 184 cm³/mol. The molecule has 0 spiro atoms. The van der Waals surface area contributed by atoms with Gasteiger partial charge < -0.3 is 30.7 Å². The number of nitrogens with zero attached hydrogens (tertiary/aromatic N) is 6. The lowest BCUT2D eigenvalue weighted by Crippen LogP contribution is -2.57. The highest BCUT2D eigenvalue weighted by Gasteiger charge is 2.30. The highest BCUT2D eigenvalue weighted by atomic mass is 16.5. The van der Waals surface area contributed by atoms with Gasteiger partial charge >= 0.3 is 0 Å². The summed E-state index contributed by atoms with van der Waals surface area (Å²) in [5.41, 5.74) is 3.17. The van der Waals surface area contributed by atoms with E-state index < -0.39 is 41.8 Å². The summed E-state index contributed by atoms with van der Waals surface area (Å²) in [4.78, 5) is 77.5. The maximum Gasteiger partial charge on any atom is 0.274 e. The molecule has 5 rings (SSSR count). The lowest BCUT2D eigenvalue weighted by atomic mass is 10.0. The van der Waals surface area contributed by atoms with Crippen LogP contribution >= 0.6 is 0 Å². The summed E-state index contributed by atoms with van der Waals surface area (Å²) < 4.78 is 7.06. The van der Waals surface area contributed by atoms with Crippen LogP contribution in [0, 0.1) is 19.8 Å². The molecule has 4 N–H and O–H groups in total. The van der Waals surface area contributed by atoms with Gasteiger partial charge in [0.15, 0.2) is 11.5 Å². The van der Waals surface area contributed by atoms with Crippen LogP contribution in [0.15, 0.2) is 47.2 Å². The SMILES string of the molecule is Cc1nc2ncnn2c(C)c1CCC(=O)N1CCNC(=O)[C@@H](Cc2ccccc2)NC(=O)[C@@H](CC(C)C)NC(=O)[C@@H](C)NC(=O)c2cc(on2)C1. The average Bonchev–Trinajstić information content (AvgIpc) is 3.77. The second-order valence-corrected chi connectivity index (χ2v) is 13.2. The summed E-state index contributed by atoms with van der Waals surface area (Å²) in [5.74, 6) is -1.73. The van der Waals surface area contributed by atoms with E-state index in [9.17, 15) is 24.0 Å². The second kappa shape index (κ2) is 16.4. The Hall–Kier alpha value is -5.67. The molecular formula is C35H44N10O6. The molecule has 51 heavy (non-hydrogen) atoms. The Kier molecular flexibility index (Phi) is 11.7. The van der Waals surface area contributed by atoms with Crippen molar-refractivity contribution in [3.05, 3.63) is 76.7 Å². The average molecular weight is 701 g/mol. The quantitative estimate of drug-likeness (QED) is 0.217. The maximum atomic E-state index is 13.8. The van der Waals surface area contributed by atoms with E-state index in [1.807, 2.05) is 58.0 Å². The molecule has 4 heterocycles. The van der Waals surface area contributed by atoms with Crippen LogP contribution in [0.25, 0.3) is 5.78 Å². The molecule has 3 atom stereocenters. The molecule has 0 fully saturated rings.